The summed E-state index contributed by atoms with van der Waals surface area (Å²) in [6, 6.07) is 8.62. The van der Waals surface area contributed by atoms with Crippen LogP contribution in [0.1, 0.15) is 25.0 Å². The van der Waals surface area contributed by atoms with E-state index in [1.54, 1.807) is 13.8 Å². The Morgan fingerprint density at radius 1 is 0.667 bits per heavy atom. The first kappa shape index (κ1) is 23.2. The molecule has 0 aliphatic heterocycles. The fourth-order valence-corrected chi connectivity index (χ4v) is 2.68. The molecule has 0 unspecified atom stereocenters. The largest absolute Gasteiger partial charge is 0.508 e. The van der Waals surface area contributed by atoms with Crippen LogP contribution in [0.5, 0.6) is 23.0 Å². The number of nitrogens with zero attached hydrogens (tertiary/aromatic N) is 2. The lowest BCUT2D eigenvalue weighted by molar-refractivity contribution is 0.0541. The summed E-state index contributed by atoms with van der Waals surface area (Å²) in [7, 11) is 0. The number of hydrogen-bond donors (Lipinski definition) is 4. The van der Waals surface area contributed by atoms with Crippen molar-refractivity contribution in [2.24, 2.45) is 9.98 Å². The maximum atomic E-state index is 9.80. The molecule has 8 nitrogen and oxygen atoms in total. The van der Waals surface area contributed by atoms with Gasteiger partial charge in [-0.1, -0.05) is 0 Å². The molecule has 30 heavy (non-hydrogen) atoms. The zero-order valence-corrected chi connectivity index (χ0v) is 17.2. The molecule has 162 valence electrons. The summed E-state index contributed by atoms with van der Waals surface area (Å²) in [5.74, 6) is 0.286. The van der Waals surface area contributed by atoms with E-state index in [-0.39, 0.29) is 23.0 Å². The number of aliphatic imine (C=N–C) groups is 2. The third-order valence-corrected chi connectivity index (χ3v) is 4.28. The van der Waals surface area contributed by atoms with E-state index in [1.165, 1.54) is 36.4 Å². The molecule has 0 saturated heterocycles. The van der Waals surface area contributed by atoms with Crippen molar-refractivity contribution in [3.8, 4) is 23.0 Å². The Balaban J connectivity index is 1.60. The second-order valence-corrected chi connectivity index (χ2v) is 6.56. The van der Waals surface area contributed by atoms with Gasteiger partial charge in [-0.15, -0.1) is 0 Å². The molecule has 0 aromatic heterocycles. The van der Waals surface area contributed by atoms with Gasteiger partial charge in [-0.2, -0.15) is 0 Å². The average molecular weight is 416 g/mol. The van der Waals surface area contributed by atoms with Crippen LogP contribution in [0.4, 0.5) is 0 Å². The van der Waals surface area contributed by atoms with Crippen molar-refractivity contribution in [3.63, 3.8) is 0 Å². The van der Waals surface area contributed by atoms with Gasteiger partial charge in [-0.25, -0.2) is 0 Å². The minimum Gasteiger partial charge on any atom is -0.508 e. The summed E-state index contributed by atoms with van der Waals surface area (Å²) in [4.78, 5) is 8.66. The Morgan fingerprint density at radius 3 is 1.47 bits per heavy atom. The molecule has 0 saturated carbocycles. The molecule has 0 aliphatic carbocycles. The smallest absolute Gasteiger partial charge is 0.124 e. The third-order valence-electron chi connectivity index (χ3n) is 4.28. The van der Waals surface area contributed by atoms with Crippen molar-refractivity contribution in [1.29, 1.82) is 0 Å². The van der Waals surface area contributed by atoms with Gasteiger partial charge in [0.15, 0.2) is 0 Å². The van der Waals surface area contributed by atoms with Crippen molar-refractivity contribution >= 4 is 11.4 Å². The maximum absolute atomic E-state index is 9.80. The van der Waals surface area contributed by atoms with Gasteiger partial charge >= 0.3 is 0 Å². The molecule has 2 rings (SSSR count). The molecule has 4 N–H and O–H groups in total. The van der Waals surface area contributed by atoms with Crippen LogP contribution in [0.2, 0.25) is 0 Å². The Kier molecular flexibility index (Phi) is 9.11. The second-order valence-electron chi connectivity index (χ2n) is 6.56. The summed E-state index contributed by atoms with van der Waals surface area (Å²) in [5, 5.41) is 38.6. The summed E-state index contributed by atoms with van der Waals surface area (Å²) in [6.45, 7) is 6.04. The molecule has 0 aliphatic rings. The van der Waals surface area contributed by atoms with Gasteiger partial charge in [-0.3, -0.25) is 9.98 Å². The second kappa shape index (κ2) is 11.8. The molecule has 0 spiro atoms. The van der Waals surface area contributed by atoms with E-state index in [2.05, 4.69) is 9.98 Å². The SMILES string of the molecule is CC(=NCCOCCOCCN=C(C)c1cc(O)ccc1O)c1cc(O)ccc1O. The number of ether oxygens (including phenoxy) is 2. The minimum absolute atomic E-state index is 0.0699. The molecule has 0 radical (unpaired) electrons. The van der Waals surface area contributed by atoms with Crippen LogP contribution in [-0.4, -0.2) is 71.4 Å². The molecule has 2 aromatic carbocycles. The van der Waals surface area contributed by atoms with E-state index in [4.69, 9.17) is 9.47 Å². The first-order valence-electron chi connectivity index (χ1n) is 9.60. The predicted molar refractivity (Wildman–Crippen MR) is 115 cm³/mol. The molecular weight excluding hydrogens is 388 g/mol. The zero-order chi connectivity index (χ0) is 21.9. The van der Waals surface area contributed by atoms with Gasteiger partial charge in [-0.05, 0) is 50.2 Å². The van der Waals surface area contributed by atoms with Crippen LogP contribution in [0.3, 0.4) is 0 Å². The van der Waals surface area contributed by atoms with Crippen LogP contribution < -0.4 is 0 Å². The zero-order valence-electron chi connectivity index (χ0n) is 17.2. The number of phenols is 4. The van der Waals surface area contributed by atoms with E-state index >= 15 is 0 Å². The third kappa shape index (κ3) is 7.38. The Labute approximate surface area is 175 Å². The van der Waals surface area contributed by atoms with E-state index in [0.29, 0.717) is 62.1 Å². The first-order chi connectivity index (χ1) is 14.4. The summed E-state index contributed by atoms with van der Waals surface area (Å²) in [6.07, 6.45) is 0. The lowest BCUT2D eigenvalue weighted by atomic mass is 10.1. The number of phenolic OH excluding ortho intramolecular Hbond substituents is 4. The molecule has 0 heterocycles. The highest BCUT2D eigenvalue weighted by molar-refractivity contribution is 6.01. The predicted octanol–water partition coefficient (Wildman–Crippen LogP) is 2.86. The van der Waals surface area contributed by atoms with Crippen molar-refractivity contribution in [1.82, 2.24) is 0 Å². The quantitative estimate of drug-likeness (QED) is 0.254. The van der Waals surface area contributed by atoms with Crippen LogP contribution in [-0.2, 0) is 9.47 Å². The minimum atomic E-state index is 0.0699. The standard InChI is InChI=1S/C22H28N2O6/c1-15(19-13-17(25)3-5-21(19)27)23-7-9-29-11-12-30-10-8-24-16(2)20-14-18(26)4-6-22(20)28/h3-6,13-14,25-28H,7-12H2,1-2H3. The van der Waals surface area contributed by atoms with E-state index in [0.717, 1.165) is 0 Å². The Hall–Kier alpha value is -3.10. The lowest BCUT2D eigenvalue weighted by Crippen LogP contribution is -2.10. The van der Waals surface area contributed by atoms with Gasteiger partial charge in [0, 0.05) is 22.6 Å². The summed E-state index contributed by atoms with van der Waals surface area (Å²) in [5.41, 5.74) is 2.23. The number of rotatable bonds is 11. The lowest BCUT2D eigenvalue weighted by Gasteiger charge is -2.07. The van der Waals surface area contributed by atoms with Crippen molar-refractivity contribution in [3.05, 3.63) is 47.5 Å². The van der Waals surface area contributed by atoms with E-state index < -0.39 is 0 Å². The van der Waals surface area contributed by atoms with Crippen molar-refractivity contribution in [2.45, 2.75) is 13.8 Å². The normalized spacial score (nSPS) is 12.3. The van der Waals surface area contributed by atoms with E-state index in [1.807, 2.05) is 0 Å². The van der Waals surface area contributed by atoms with Crippen molar-refractivity contribution in [2.75, 3.05) is 39.5 Å². The van der Waals surface area contributed by atoms with Crippen LogP contribution in [0.15, 0.2) is 46.4 Å². The number of benzene rings is 2. The molecular formula is C22H28N2O6. The fourth-order valence-electron chi connectivity index (χ4n) is 2.68. The van der Waals surface area contributed by atoms with Gasteiger partial charge in [0.05, 0.1) is 39.5 Å². The highest BCUT2D eigenvalue weighted by Gasteiger charge is 2.06. The highest BCUT2D eigenvalue weighted by Crippen LogP contribution is 2.23. The van der Waals surface area contributed by atoms with Crippen LogP contribution >= 0.6 is 0 Å². The molecule has 8 heteroatoms. The van der Waals surface area contributed by atoms with Crippen molar-refractivity contribution < 1.29 is 29.9 Å². The summed E-state index contributed by atoms with van der Waals surface area (Å²) < 4.78 is 10.9. The molecule has 0 amide bonds. The molecule has 0 bridgehead atoms. The Morgan fingerprint density at radius 2 is 1.07 bits per heavy atom. The molecule has 2 aromatic rings. The topological polar surface area (TPSA) is 124 Å². The molecule has 0 fully saturated rings. The van der Waals surface area contributed by atoms with Crippen LogP contribution in [0, 0.1) is 0 Å². The fraction of sp³-hybridized carbons (Fsp3) is 0.364. The number of hydrogen-bond acceptors (Lipinski definition) is 8. The Bertz CT molecular complexity index is 822. The van der Waals surface area contributed by atoms with Crippen LogP contribution in [0.25, 0.3) is 0 Å². The first-order valence-corrected chi connectivity index (χ1v) is 9.60. The summed E-state index contributed by atoms with van der Waals surface area (Å²) >= 11 is 0. The van der Waals surface area contributed by atoms with Gasteiger partial charge < -0.3 is 29.9 Å². The van der Waals surface area contributed by atoms with Gasteiger partial charge in [0.2, 0.25) is 0 Å². The highest BCUT2D eigenvalue weighted by atomic mass is 16.5. The van der Waals surface area contributed by atoms with Gasteiger partial charge in [0.25, 0.3) is 0 Å². The molecule has 0 atom stereocenters. The van der Waals surface area contributed by atoms with Gasteiger partial charge in [0.1, 0.15) is 23.0 Å². The maximum Gasteiger partial charge on any atom is 0.124 e. The average Bonchev–Trinajstić information content (AvgIpc) is 2.72. The monoisotopic (exact) mass is 416 g/mol. The number of aromatic hydroxyl groups is 4. The van der Waals surface area contributed by atoms with E-state index in [9.17, 15) is 20.4 Å².